The molecule has 1 aromatic carbocycles. The molecule has 2 heterocycles. The molecule has 106 valence electrons. The molecule has 0 aliphatic heterocycles. The summed E-state index contributed by atoms with van der Waals surface area (Å²) in [5, 5.41) is 5.53. The molecule has 0 saturated heterocycles. The van der Waals surface area contributed by atoms with Crippen LogP contribution in [-0.2, 0) is 13.0 Å². The summed E-state index contributed by atoms with van der Waals surface area (Å²) in [4.78, 5) is 16.5. The molecule has 0 unspecified atom stereocenters. The highest BCUT2D eigenvalue weighted by molar-refractivity contribution is 6.01. The number of carbonyl (C=O) groups excluding carboxylic acids is 1. The first-order chi connectivity index (χ1) is 10.2. The number of hydrogen-bond donors (Lipinski definition) is 1. The van der Waals surface area contributed by atoms with E-state index in [1.54, 1.807) is 18.3 Å². The SMILES string of the molecule is CCn1nc(CC(=O)c2ncccc2N)c2ccccc21. The van der Waals surface area contributed by atoms with Crippen molar-refractivity contribution in [3.63, 3.8) is 0 Å². The molecule has 0 bridgehead atoms. The number of pyridine rings is 1. The largest absolute Gasteiger partial charge is 0.397 e. The van der Waals surface area contributed by atoms with Crippen LogP contribution in [0.4, 0.5) is 5.69 Å². The van der Waals surface area contributed by atoms with Crippen LogP contribution in [0.1, 0.15) is 23.1 Å². The highest BCUT2D eigenvalue weighted by atomic mass is 16.1. The number of benzene rings is 1. The minimum atomic E-state index is -0.111. The minimum Gasteiger partial charge on any atom is -0.397 e. The van der Waals surface area contributed by atoms with Crippen molar-refractivity contribution in [2.24, 2.45) is 0 Å². The van der Waals surface area contributed by atoms with Crippen molar-refractivity contribution in [1.82, 2.24) is 14.8 Å². The van der Waals surface area contributed by atoms with Gasteiger partial charge in [0.15, 0.2) is 5.78 Å². The fraction of sp³-hybridized carbons (Fsp3) is 0.188. The third-order valence-electron chi connectivity index (χ3n) is 3.47. The highest BCUT2D eigenvalue weighted by Crippen LogP contribution is 2.20. The zero-order valence-electron chi connectivity index (χ0n) is 11.8. The Morgan fingerprint density at radius 3 is 2.81 bits per heavy atom. The van der Waals surface area contributed by atoms with Gasteiger partial charge in [0, 0.05) is 18.1 Å². The molecule has 0 radical (unpaired) electrons. The number of fused-ring (bicyclic) bond motifs is 1. The molecule has 5 nitrogen and oxygen atoms in total. The molecule has 0 aliphatic rings. The maximum Gasteiger partial charge on any atom is 0.189 e. The number of nitrogen functional groups attached to an aromatic ring is 1. The van der Waals surface area contributed by atoms with Crippen molar-refractivity contribution in [2.75, 3.05) is 5.73 Å². The van der Waals surface area contributed by atoms with Crippen molar-refractivity contribution in [3.8, 4) is 0 Å². The van der Waals surface area contributed by atoms with Crippen LogP contribution in [0, 0.1) is 0 Å². The summed E-state index contributed by atoms with van der Waals surface area (Å²) in [5.41, 5.74) is 8.33. The standard InChI is InChI=1S/C16H16N4O/c1-2-20-14-8-4-3-6-11(14)13(19-20)10-15(21)16-12(17)7-5-9-18-16/h3-9H,2,10,17H2,1H3. The van der Waals surface area contributed by atoms with Crippen LogP contribution >= 0.6 is 0 Å². The highest BCUT2D eigenvalue weighted by Gasteiger charge is 2.16. The van der Waals surface area contributed by atoms with Crippen LogP contribution in [-0.4, -0.2) is 20.5 Å². The van der Waals surface area contributed by atoms with Crippen LogP contribution in [0.5, 0.6) is 0 Å². The third-order valence-corrected chi connectivity index (χ3v) is 3.47. The lowest BCUT2D eigenvalue weighted by molar-refractivity contribution is 0.0988. The smallest absolute Gasteiger partial charge is 0.189 e. The van der Waals surface area contributed by atoms with E-state index in [0.29, 0.717) is 11.4 Å². The quantitative estimate of drug-likeness (QED) is 0.745. The number of aryl methyl sites for hydroxylation is 1. The summed E-state index contributed by atoms with van der Waals surface area (Å²) in [6, 6.07) is 11.3. The van der Waals surface area contributed by atoms with E-state index in [1.165, 1.54) is 0 Å². The Morgan fingerprint density at radius 2 is 2.05 bits per heavy atom. The Hall–Kier alpha value is -2.69. The molecule has 0 spiro atoms. The van der Waals surface area contributed by atoms with Gasteiger partial charge in [-0.05, 0) is 25.1 Å². The summed E-state index contributed by atoms with van der Waals surface area (Å²) in [6.45, 7) is 2.79. The van der Waals surface area contributed by atoms with Gasteiger partial charge in [0.2, 0.25) is 0 Å². The average Bonchev–Trinajstić information content (AvgIpc) is 2.86. The molecule has 0 fully saturated rings. The van der Waals surface area contributed by atoms with Gasteiger partial charge < -0.3 is 5.73 Å². The maximum absolute atomic E-state index is 12.4. The summed E-state index contributed by atoms with van der Waals surface area (Å²) >= 11 is 0. The van der Waals surface area contributed by atoms with E-state index in [-0.39, 0.29) is 12.2 Å². The van der Waals surface area contributed by atoms with Gasteiger partial charge in [-0.25, -0.2) is 0 Å². The van der Waals surface area contributed by atoms with Crippen LogP contribution in [0.15, 0.2) is 42.6 Å². The number of hydrogen-bond acceptors (Lipinski definition) is 4. The lowest BCUT2D eigenvalue weighted by atomic mass is 10.1. The fourth-order valence-electron chi connectivity index (χ4n) is 2.45. The molecule has 0 atom stereocenters. The molecule has 21 heavy (non-hydrogen) atoms. The monoisotopic (exact) mass is 280 g/mol. The number of anilines is 1. The number of rotatable bonds is 4. The van der Waals surface area contributed by atoms with E-state index >= 15 is 0 Å². The van der Waals surface area contributed by atoms with Gasteiger partial charge in [-0.3, -0.25) is 14.5 Å². The topological polar surface area (TPSA) is 73.8 Å². The van der Waals surface area contributed by atoms with Gasteiger partial charge in [-0.1, -0.05) is 18.2 Å². The lowest BCUT2D eigenvalue weighted by Gasteiger charge is -2.02. The van der Waals surface area contributed by atoms with Crippen molar-refractivity contribution >= 4 is 22.4 Å². The van der Waals surface area contributed by atoms with Crippen LogP contribution in [0.3, 0.4) is 0 Å². The van der Waals surface area contributed by atoms with E-state index in [9.17, 15) is 4.79 Å². The van der Waals surface area contributed by atoms with Gasteiger partial charge in [0.25, 0.3) is 0 Å². The zero-order chi connectivity index (χ0) is 14.8. The fourth-order valence-corrected chi connectivity index (χ4v) is 2.45. The van der Waals surface area contributed by atoms with Gasteiger partial charge in [0.05, 0.1) is 23.3 Å². The predicted molar refractivity (Wildman–Crippen MR) is 82.1 cm³/mol. The second-order valence-corrected chi connectivity index (χ2v) is 4.82. The summed E-state index contributed by atoms with van der Waals surface area (Å²) in [5.74, 6) is -0.111. The minimum absolute atomic E-state index is 0.111. The van der Waals surface area contributed by atoms with Crippen LogP contribution in [0.2, 0.25) is 0 Å². The number of ketones is 1. The van der Waals surface area contributed by atoms with Gasteiger partial charge in [0.1, 0.15) is 5.69 Å². The maximum atomic E-state index is 12.4. The molecule has 5 heteroatoms. The Balaban J connectivity index is 1.99. The summed E-state index contributed by atoms with van der Waals surface area (Å²) in [7, 11) is 0. The molecule has 3 aromatic rings. The molecular formula is C16H16N4O. The van der Waals surface area contributed by atoms with Crippen LogP contribution in [0.25, 0.3) is 10.9 Å². The first kappa shape index (κ1) is 13.3. The molecule has 3 rings (SSSR count). The van der Waals surface area contributed by atoms with Crippen LogP contribution < -0.4 is 5.73 Å². The van der Waals surface area contributed by atoms with E-state index in [1.807, 2.05) is 35.9 Å². The number of aromatic nitrogens is 3. The number of nitrogens with zero attached hydrogens (tertiary/aromatic N) is 3. The van der Waals surface area contributed by atoms with Gasteiger partial charge in [-0.2, -0.15) is 5.10 Å². The number of Topliss-reactive ketones (excluding diaryl/α,β-unsaturated/α-hetero) is 1. The molecule has 2 N–H and O–H groups in total. The molecular weight excluding hydrogens is 264 g/mol. The van der Waals surface area contributed by atoms with Crippen molar-refractivity contribution < 1.29 is 4.79 Å². The second-order valence-electron chi connectivity index (χ2n) is 4.82. The average molecular weight is 280 g/mol. The van der Waals surface area contributed by atoms with E-state index in [4.69, 9.17) is 5.73 Å². The second kappa shape index (κ2) is 5.36. The van der Waals surface area contributed by atoms with E-state index in [2.05, 4.69) is 10.1 Å². The molecule has 2 aromatic heterocycles. The zero-order valence-corrected chi connectivity index (χ0v) is 11.8. The normalized spacial score (nSPS) is 10.9. The Bertz CT molecular complexity index is 807. The van der Waals surface area contributed by atoms with E-state index < -0.39 is 0 Å². The van der Waals surface area contributed by atoms with Gasteiger partial charge in [-0.15, -0.1) is 0 Å². The van der Waals surface area contributed by atoms with E-state index in [0.717, 1.165) is 23.1 Å². The summed E-state index contributed by atoms with van der Waals surface area (Å²) in [6.07, 6.45) is 1.78. The first-order valence-electron chi connectivity index (χ1n) is 6.88. The molecule has 0 amide bonds. The number of nitrogens with two attached hydrogens (primary N) is 1. The summed E-state index contributed by atoms with van der Waals surface area (Å²) < 4.78 is 1.90. The lowest BCUT2D eigenvalue weighted by Crippen LogP contribution is -2.10. The molecule has 0 aliphatic carbocycles. The molecule has 0 saturated carbocycles. The number of para-hydroxylation sites is 1. The van der Waals surface area contributed by atoms with Crippen molar-refractivity contribution in [2.45, 2.75) is 19.9 Å². The third kappa shape index (κ3) is 2.38. The Labute approximate surface area is 122 Å². The Kier molecular flexibility index (Phi) is 3.39. The first-order valence-corrected chi connectivity index (χ1v) is 6.88. The predicted octanol–water partition coefficient (Wildman–Crippen LogP) is 2.46. The number of carbonyl (C=O) groups is 1. The van der Waals surface area contributed by atoms with Gasteiger partial charge >= 0.3 is 0 Å². The van der Waals surface area contributed by atoms with Crippen molar-refractivity contribution in [1.29, 1.82) is 0 Å². The van der Waals surface area contributed by atoms with Crippen molar-refractivity contribution in [3.05, 3.63) is 54.0 Å². The Morgan fingerprint density at radius 1 is 1.24 bits per heavy atom.